The molecule has 0 amide bonds. The quantitative estimate of drug-likeness (QED) is 0.134. The molecule has 3 aliphatic rings. The molecule has 6 atom stereocenters. The highest BCUT2D eigenvalue weighted by Gasteiger charge is 2.37. The third-order valence-corrected chi connectivity index (χ3v) is 11.9. The third kappa shape index (κ3) is 9.00. The van der Waals surface area contributed by atoms with Gasteiger partial charge in [0.25, 0.3) is 0 Å². The molecule has 2 aromatic carbocycles. The number of phenolic OH excluding ortho intramolecular Hbond substituents is 3. The molecule has 0 spiro atoms. The number of nitrogens with zero attached hydrogens (tertiary/aromatic N) is 1. The second kappa shape index (κ2) is 15.7. The van der Waals surface area contributed by atoms with E-state index in [-0.39, 0.29) is 59.8 Å². The highest BCUT2D eigenvalue weighted by molar-refractivity contribution is 8.76. The molecular formula is C36H43NO8S2. The number of fused-ring (bicyclic) bond motifs is 4. The fraction of sp³-hybridized carbons (Fsp3) is 0.500. The zero-order valence-electron chi connectivity index (χ0n) is 26.6. The summed E-state index contributed by atoms with van der Waals surface area (Å²) < 4.78 is 24.9. The third-order valence-electron chi connectivity index (χ3n) is 9.21. The van der Waals surface area contributed by atoms with E-state index in [4.69, 9.17) is 18.9 Å². The number of phenols is 3. The Kier molecular flexibility index (Phi) is 11.3. The van der Waals surface area contributed by atoms with Crippen LogP contribution < -0.4 is 9.47 Å². The van der Waals surface area contributed by atoms with Crippen molar-refractivity contribution in [2.75, 3.05) is 18.1 Å². The zero-order chi connectivity index (χ0) is 32.8. The van der Waals surface area contributed by atoms with Crippen LogP contribution in [0.5, 0.6) is 28.7 Å². The van der Waals surface area contributed by atoms with Crippen LogP contribution in [0.15, 0.2) is 54.9 Å². The lowest BCUT2D eigenvalue weighted by molar-refractivity contribution is -0.163. The summed E-state index contributed by atoms with van der Waals surface area (Å²) in [6.45, 7) is 1.70. The number of carbonyl (C=O) groups is 1. The van der Waals surface area contributed by atoms with Crippen molar-refractivity contribution in [3.05, 3.63) is 71.5 Å². The van der Waals surface area contributed by atoms with Crippen molar-refractivity contribution >= 4 is 27.6 Å². The molecule has 3 N–H and O–H groups in total. The van der Waals surface area contributed by atoms with E-state index in [2.05, 4.69) is 4.98 Å². The van der Waals surface area contributed by atoms with Gasteiger partial charge in [0.15, 0.2) is 23.0 Å². The summed E-state index contributed by atoms with van der Waals surface area (Å²) in [6.07, 6.45) is 8.94. The van der Waals surface area contributed by atoms with Gasteiger partial charge in [0.2, 0.25) is 5.75 Å². The van der Waals surface area contributed by atoms with Crippen LogP contribution in [-0.2, 0) is 27.1 Å². The minimum Gasteiger partial charge on any atom is -0.504 e. The molecule has 3 aromatic rings. The van der Waals surface area contributed by atoms with Gasteiger partial charge in [-0.25, -0.2) is 0 Å². The Morgan fingerprint density at radius 3 is 2.72 bits per heavy atom. The van der Waals surface area contributed by atoms with Gasteiger partial charge in [0.05, 0.1) is 24.9 Å². The van der Waals surface area contributed by atoms with Crippen molar-refractivity contribution in [1.82, 2.24) is 4.98 Å². The van der Waals surface area contributed by atoms with Gasteiger partial charge >= 0.3 is 5.97 Å². The Morgan fingerprint density at radius 2 is 1.89 bits per heavy atom. The molecule has 6 unspecified atom stereocenters. The van der Waals surface area contributed by atoms with E-state index >= 15 is 0 Å². The van der Waals surface area contributed by atoms with Crippen LogP contribution in [0, 0.1) is 11.8 Å². The highest BCUT2D eigenvalue weighted by Crippen LogP contribution is 2.45. The Bertz CT molecular complexity index is 1510. The predicted octanol–water partition coefficient (Wildman–Crippen LogP) is 7.16. The fourth-order valence-corrected chi connectivity index (χ4v) is 9.71. The lowest BCUT2D eigenvalue weighted by Gasteiger charge is -2.39. The number of aromatic hydroxyl groups is 3. The molecule has 0 radical (unpaired) electrons. The fourth-order valence-electron chi connectivity index (χ4n) is 6.84. The minimum atomic E-state index is -0.509. The van der Waals surface area contributed by atoms with Crippen LogP contribution in [0.4, 0.5) is 0 Å². The number of benzene rings is 2. The number of esters is 1. The van der Waals surface area contributed by atoms with E-state index in [0.29, 0.717) is 42.9 Å². The average Bonchev–Trinajstić information content (AvgIpc) is 3.06. The smallest absolute Gasteiger partial charge is 0.302 e. The number of aromatic nitrogens is 1. The number of hydrogen-bond acceptors (Lipinski definition) is 11. The summed E-state index contributed by atoms with van der Waals surface area (Å²) in [6, 6.07) is 12.6. The number of carbonyl (C=O) groups excluding carboxylic acids is 1. The van der Waals surface area contributed by atoms with Crippen molar-refractivity contribution in [2.45, 2.75) is 82.7 Å². The van der Waals surface area contributed by atoms with Crippen molar-refractivity contribution < 1.29 is 39.1 Å². The molecule has 11 heteroatoms. The van der Waals surface area contributed by atoms with Crippen LogP contribution in [-0.4, -0.2) is 62.7 Å². The van der Waals surface area contributed by atoms with Crippen LogP contribution in [0.3, 0.4) is 0 Å². The molecule has 6 rings (SSSR count). The lowest BCUT2D eigenvalue weighted by atomic mass is 9.87. The monoisotopic (exact) mass is 681 g/mol. The van der Waals surface area contributed by atoms with Crippen LogP contribution in [0.1, 0.15) is 68.2 Å². The maximum Gasteiger partial charge on any atom is 0.302 e. The Hall–Kier alpha value is -3.28. The topological polar surface area (TPSA) is 128 Å². The van der Waals surface area contributed by atoms with Gasteiger partial charge in [0.1, 0.15) is 6.10 Å². The second-order valence-electron chi connectivity index (χ2n) is 12.8. The number of ether oxygens (including phenoxy) is 4. The average molecular weight is 682 g/mol. The molecule has 2 aliphatic heterocycles. The number of hydrogen-bond donors (Lipinski definition) is 3. The molecule has 9 nitrogen and oxygen atoms in total. The SMILES string of the molecule is CC(=O)OC1CC(c2cc(O)c(O)c(OCCc3cccnc3)c2)OC(C2CSSCC3CCCC(C3)Oc3cc(ccc3O)C2)C1. The van der Waals surface area contributed by atoms with E-state index in [1.807, 2.05) is 45.9 Å². The van der Waals surface area contributed by atoms with Crippen molar-refractivity contribution in [2.24, 2.45) is 11.8 Å². The van der Waals surface area contributed by atoms with Gasteiger partial charge in [-0.05, 0) is 91.0 Å². The van der Waals surface area contributed by atoms with Gasteiger partial charge in [-0.3, -0.25) is 9.78 Å². The summed E-state index contributed by atoms with van der Waals surface area (Å²) >= 11 is 0. The summed E-state index contributed by atoms with van der Waals surface area (Å²) in [4.78, 5) is 16.3. The molecule has 252 valence electrons. The first kappa shape index (κ1) is 33.6. The number of pyridine rings is 1. The molecule has 2 fully saturated rings. The van der Waals surface area contributed by atoms with Crippen LogP contribution in [0.2, 0.25) is 0 Å². The predicted molar refractivity (Wildman–Crippen MR) is 182 cm³/mol. The largest absolute Gasteiger partial charge is 0.504 e. The van der Waals surface area contributed by atoms with Crippen molar-refractivity contribution in [3.8, 4) is 28.7 Å². The lowest BCUT2D eigenvalue weighted by Crippen LogP contribution is -2.39. The van der Waals surface area contributed by atoms with Crippen molar-refractivity contribution in [3.63, 3.8) is 0 Å². The first-order valence-electron chi connectivity index (χ1n) is 16.4. The first-order valence-corrected chi connectivity index (χ1v) is 18.9. The van der Waals surface area contributed by atoms with Gasteiger partial charge < -0.3 is 34.3 Å². The number of rotatable bonds is 7. The van der Waals surface area contributed by atoms with Crippen molar-refractivity contribution in [1.29, 1.82) is 0 Å². The van der Waals surface area contributed by atoms with Gasteiger partial charge in [-0.2, -0.15) is 0 Å². The Balaban J connectivity index is 1.24. The summed E-state index contributed by atoms with van der Waals surface area (Å²) in [5, 5.41) is 32.0. The van der Waals surface area contributed by atoms with E-state index < -0.39 is 6.10 Å². The molecule has 47 heavy (non-hydrogen) atoms. The molecule has 1 saturated carbocycles. The van der Waals surface area contributed by atoms with E-state index in [1.54, 1.807) is 24.5 Å². The maximum absolute atomic E-state index is 12.1. The summed E-state index contributed by atoms with van der Waals surface area (Å²) in [5.74, 6) is 2.36. The van der Waals surface area contributed by atoms with Gasteiger partial charge in [-0.1, -0.05) is 33.7 Å². The summed E-state index contributed by atoms with van der Waals surface area (Å²) in [7, 11) is 3.75. The van der Waals surface area contributed by atoms with Gasteiger partial charge in [-0.15, -0.1) is 0 Å². The first-order chi connectivity index (χ1) is 22.8. The normalized spacial score (nSPS) is 26.5. The minimum absolute atomic E-state index is 0.0618. The zero-order valence-corrected chi connectivity index (χ0v) is 28.2. The van der Waals surface area contributed by atoms with E-state index in [9.17, 15) is 20.1 Å². The summed E-state index contributed by atoms with van der Waals surface area (Å²) in [5.41, 5.74) is 2.67. The molecule has 4 bridgehead atoms. The highest BCUT2D eigenvalue weighted by atomic mass is 33.1. The maximum atomic E-state index is 12.1. The van der Waals surface area contributed by atoms with Crippen LogP contribution >= 0.6 is 21.6 Å². The second-order valence-corrected chi connectivity index (χ2v) is 15.4. The van der Waals surface area contributed by atoms with E-state index in [1.165, 1.54) is 19.4 Å². The molecule has 1 saturated heterocycles. The van der Waals surface area contributed by atoms with Gasteiger partial charge in [0, 0.05) is 50.1 Å². The standard InChI is InChI=1S/C36H43NO8S2/c1-22(38)43-29-17-32(26-15-31(40)36(41)35(16-26)42-11-9-23-5-3-10-37-19-23)45-33(18-29)27-12-24-7-8-30(39)34(14-24)44-28-6-2-4-25(13-28)20-46-47-21-27/h3,5,7-8,10,14-16,19,25,27-29,32-33,39-41H,2,4,6,9,11-13,17-18,20-21H2,1H3. The molecule has 1 aromatic heterocycles. The van der Waals surface area contributed by atoms with E-state index in [0.717, 1.165) is 41.9 Å². The van der Waals surface area contributed by atoms with Crippen LogP contribution in [0.25, 0.3) is 0 Å². The Morgan fingerprint density at radius 1 is 1.02 bits per heavy atom. The Labute approximate surface area is 283 Å². The molecule has 3 heterocycles. The molecular weight excluding hydrogens is 639 g/mol. The molecule has 1 aliphatic carbocycles.